The quantitative estimate of drug-likeness (QED) is 0.641. The largest absolute Gasteiger partial charge is 0.315 e. The van der Waals surface area contributed by atoms with Crippen LogP contribution in [0, 0.1) is 5.41 Å². The van der Waals surface area contributed by atoms with E-state index in [-0.39, 0.29) is 0 Å². The maximum atomic E-state index is 3.54. The molecule has 0 rings (SSSR count). The van der Waals surface area contributed by atoms with E-state index < -0.39 is 0 Å². The second-order valence-electron chi connectivity index (χ2n) is 6.17. The Morgan fingerprint density at radius 3 is 2.41 bits per heavy atom. The van der Waals surface area contributed by atoms with Gasteiger partial charge < -0.3 is 10.2 Å². The van der Waals surface area contributed by atoms with Crippen LogP contribution in [0.3, 0.4) is 0 Å². The minimum absolute atomic E-state index is 0.449. The number of rotatable bonds is 9. The summed E-state index contributed by atoms with van der Waals surface area (Å²) >= 11 is 1.94. The Morgan fingerprint density at radius 2 is 1.88 bits per heavy atom. The number of hydrogen-bond donors (Lipinski definition) is 1. The number of thioether (sulfide) groups is 1. The van der Waals surface area contributed by atoms with Crippen molar-refractivity contribution in [2.75, 3.05) is 38.7 Å². The molecule has 17 heavy (non-hydrogen) atoms. The van der Waals surface area contributed by atoms with Crippen LogP contribution >= 0.6 is 11.8 Å². The molecule has 0 aromatic heterocycles. The summed E-state index contributed by atoms with van der Waals surface area (Å²) in [4.78, 5) is 2.46. The monoisotopic (exact) mass is 260 g/mol. The van der Waals surface area contributed by atoms with Crippen LogP contribution in [-0.2, 0) is 0 Å². The van der Waals surface area contributed by atoms with E-state index in [0.717, 1.165) is 19.6 Å². The lowest BCUT2D eigenvalue weighted by Gasteiger charge is -2.25. The normalized spacial score (nSPS) is 14.3. The molecule has 1 atom stereocenters. The first-order valence-corrected chi connectivity index (χ1v) is 8.16. The molecule has 0 aromatic carbocycles. The molecule has 0 bridgehead atoms. The third-order valence-electron chi connectivity index (χ3n) is 3.19. The van der Waals surface area contributed by atoms with E-state index in [4.69, 9.17) is 0 Å². The molecule has 3 heteroatoms. The highest BCUT2D eigenvalue weighted by molar-refractivity contribution is 7.98. The lowest BCUT2D eigenvalue weighted by Crippen LogP contribution is -2.36. The standard InChI is InChI=1S/C14H32N2S/c1-13(7-12-17-6)16(5)11-10-15-9-8-14(2,3)4/h13,15H,7-12H2,1-6H3. The smallest absolute Gasteiger partial charge is 0.0107 e. The first kappa shape index (κ1) is 17.3. The second-order valence-corrected chi connectivity index (χ2v) is 7.16. The molecule has 0 radical (unpaired) electrons. The summed E-state index contributed by atoms with van der Waals surface area (Å²) < 4.78 is 0. The fourth-order valence-corrected chi connectivity index (χ4v) is 2.15. The summed E-state index contributed by atoms with van der Waals surface area (Å²) in [6.07, 6.45) is 4.72. The van der Waals surface area contributed by atoms with Crippen LogP contribution in [0.2, 0.25) is 0 Å². The first-order valence-electron chi connectivity index (χ1n) is 6.76. The van der Waals surface area contributed by atoms with Crippen LogP contribution in [0.4, 0.5) is 0 Å². The molecule has 0 spiro atoms. The van der Waals surface area contributed by atoms with Gasteiger partial charge in [0.05, 0.1) is 0 Å². The Labute approximate surface area is 113 Å². The molecule has 104 valence electrons. The first-order chi connectivity index (χ1) is 7.87. The topological polar surface area (TPSA) is 15.3 Å². The summed E-state index contributed by atoms with van der Waals surface area (Å²) in [5.74, 6) is 1.27. The maximum absolute atomic E-state index is 3.54. The van der Waals surface area contributed by atoms with Gasteiger partial charge in [-0.2, -0.15) is 11.8 Å². The number of nitrogens with zero attached hydrogens (tertiary/aromatic N) is 1. The van der Waals surface area contributed by atoms with E-state index in [9.17, 15) is 0 Å². The fourth-order valence-electron chi connectivity index (χ4n) is 1.57. The van der Waals surface area contributed by atoms with Crippen molar-refractivity contribution in [1.82, 2.24) is 10.2 Å². The van der Waals surface area contributed by atoms with E-state index in [1.54, 1.807) is 0 Å². The molecule has 0 aliphatic heterocycles. The van der Waals surface area contributed by atoms with Crippen molar-refractivity contribution in [1.29, 1.82) is 0 Å². The summed E-state index contributed by atoms with van der Waals surface area (Å²) in [7, 11) is 2.23. The highest BCUT2D eigenvalue weighted by atomic mass is 32.2. The van der Waals surface area contributed by atoms with Gasteiger partial charge in [0.1, 0.15) is 0 Å². The van der Waals surface area contributed by atoms with Gasteiger partial charge in [-0.05, 0) is 50.8 Å². The SMILES string of the molecule is CSCCC(C)N(C)CCNCCC(C)(C)C. The van der Waals surface area contributed by atoms with E-state index in [2.05, 4.69) is 51.2 Å². The number of hydrogen-bond acceptors (Lipinski definition) is 3. The van der Waals surface area contributed by atoms with Crippen LogP contribution < -0.4 is 5.32 Å². The highest BCUT2D eigenvalue weighted by Crippen LogP contribution is 2.16. The lowest BCUT2D eigenvalue weighted by atomic mass is 9.92. The molecule has 0 saturated carbocycles. The third-order valence-corrected chi connectivity index (χ3v) is 3.83. The van der Waals surface area contributed by atoms with Gasteiger partial charge in [0, 0.05) is 19.1 Å². The molecule has 1 N–H and O–H groups in total. The zero-order valence-electron chi connectivity index (χ0n) is 12.7. The second kappa shape index (κ2) is 9.23. The van der Waals surface area contributed by atoms with Gasteiger partial charge >= 0.3 is 0 Å². The van der Waals surface area contributed by atoms with Gasteiger partial charge in [-0.1, -0.05) is 20.8 Å². The zero-order valence-corrected chi connectivity index (χ0v) is 13.5. The predicted octanol–water partition coefficient (Wildman–Crippen LogP) is 3.09. The molecule has 0 heterocycles. The van der Waals surface area contributed by atoms with Crippen molar-refractivity contribution in [3.05, 3.63) is 0 Å². The highest BCUT2D eigenvalue weighted by Gasteiger charge is 2.10. The van der Waals surface area contributed by atoms with Gasteiger partial charge in [0.2, 0.25) is 0 Å². The summed E-state index contributed by atoms with van der Waals surface area (Å²) in [6, 6.07) is 0.701. The summed E-state index contributed by atoms with van der Waals surface area (Å²) in [6.45, 7) is 12.6. The Morgan fingerprint density at radius 1 is 1.24 bits per heavy atom. The van der Waals surface area contributed by atoms with E-state index in [1.165, 1.54) is 18.6 Å². The van der Waals surface area contributed by atoms with Crippen LogP contribution in [0.25, 0.3) is 0 Å². The molecule has 0 amide bonds. The Bertz CT molecular complexity index is 178. The minimum Gasteiger partial charge on any atom is -0.315 e. The van der Waals surface area contributed by atoms with Crippen molar-refractivity contribution < 1.29 is 0 Å². The third kappa shape index (κ3) is 11.1. The van der Waals surface area contributed by atoms with Crippen LogP contribution in [-0.4, -0.2) is 49.6 Å². The Hall–Kier alpha value is 0.270. The number of nitrogens with one attached hydrogen (secondary N) is 1. The lowest BCUT2D eigenvalue weighted by molar-refractivity contribution is 0.251. The van der Waals surface area contributed by atoms with E-state index >= 15 is 0 Å². The van der Waals surface area contributed by atoms with Crippen molar-refractivity contribution in [3.63, 3.8) is 0 Å². The fraction of sp³-hybridized carbons (Fsp3) is 1.00. The van der Waals surface area contributed by atoms with Gasteiger partial charge in [-0.15, -0.1) is 0 Å². The molecular formula is C14H32N2S. The van der Waals surface area contributed by atoms with Crippen molar-refractivity contribution in [3.8, 4) is 0 Å². The van der Waals surface area contributed by atoms with Gasteiger partial charge in [-0.25, -0.2) is 0 Å². The minimum atomic E-state index is 0.449. The Balaban J connectivity index is 3.47. The molecule has 0 aliphatic carbocycles. The number of likely N-dealkylation sites (N-methyl/N-ethyl adjacent to an activating group) is 1. The molecule has 0 saturated heterocycles. The molecule has 0 aliphatic rings. The molecule has 1 unspecified atom stereocenters. The van der Waals surface area contributed by atoms with Crippen molar-refractivity contribution >= 4 is 11.8 Å². The zero-order chi connectivity index (χ0) is 13.3. The van der Waals surface area contributed by atoms with Gasteiger partial charge in [0.25, 0.3) is 0 Å². The predicted molar refractivity (Wildman–Crippen MR) is 82.0 cm³/mol. The molecule has 2 nitrogen and oxygen atoms in total. The van der Waals surface area contributed by atoms with E-state index in [1.807, 2.05) is 11.8 Å². The van der Waals surface area contributed by atoms with Gasteiger partial charge in [0.15, 0.2) is 0 Å². The van der Waals surface area contributed by atoms with E-state index in [0.29, 0.717) is 11.5 Å². The maximum Gasteiger partial charge on any atom is 0.0107 e. The average Bonchev–Trinajstić information content (AvgIpc) is 2.23. The van der Waals surface area contributed by atoms with Gasteiger partial charge in [-0.3, -0.25) is 0 Å². The molecular weight excluding hydrogens is 228 g/mol. The van der Waals surface area contributed by atoms with Crippen molar-refractivity contribution in [2.45, 2.75) is 46.6 Å². The van der Waals surface area contributed by atoms with Crippen molar-refractivity contribution in [2.24, 2.45) is 5.41 Å². The Kier molecular flexibility index (Phi) is 9.38. The summed E-state index contributed by atoms with van der Waals surface area (Å²) in [5, 5.41) is 3.54. The molecule has 0 aromatic rings. The summed E-state index contributed by atoms with van der Waals surface area (Å²) in [5.41, 5.74) is 0.449. The molecule has 0 fully saturated rings. The van der Waals surface area contributed by atoms with Crippen LogP contribution in [0.15, 0.2) is 0 Å². The van der Waals surface area contributed by atoms with Crippen LogP contribution in [0.1, 0.15) is 40.5 Å². The van der Waals surface area contributed by atoms with Crippen LogP contribution in [0.5, 0.6) is 0 Å². The average molecular weight is 260 g/mol.